The molecule has 0 aliphatic heterocycles. The Bertz CT molecular complexity index is 2150. The number of alkyl halides is 2. The molecule has 0 amide bonds. The molecule has 2 saturated carbocycles. The average Bonchev–Trinajstić information content (AvgIpc) is 3.71. The molecule has 286 valence electrons. The van der Waals surface area contributed by atoms with Gasteiger partial charge in [-0.05, 0) is 141 Å². The zero-order valence-electron chi connectivity index (χ0n) is 28.2. The molecule has 5 aliphatic rings. The van der Waals surface area contributed by atoms with Gasteiger partial charge in [0, 0.05) is 15.4 Å². The Labute approximate surface area is 349 Å². The van der Waals surface area contributed by atoms with E-state index in [0.29, 0.717) is 13.1 Å². The molecule has 5 atom stereocenters. The van der Waals surface area contributed by atoms with Crippen molar-refractivity contribution in [3.05, 3.63) is 93.1 Å². The quantitative estimate of drug-likeness (QED) is 0.0545. The molecule has 1 N–H and O–H groups in total. The van der Waals surface area contributed by atoms with Crippen LogP contribution in [-0.2, 0) is 38.7 Å². The second-order valence-electron chi connectivity index (χ2n) is 14.1. The van der Waals surface area contributed by atoms with Crippen molar-refractivity contribution in [2.45, 2.75) is 55.3 Å². The summed E-state index contributed by atoms with van der Waals surface area (Å²) in [6, 6.07) is 17.1. The smallest absolute Gasteiger partial charge is 0.459 e. The van der Waals surface area contributed by atoms with E-state index in [1.54, 1.807) is 6.07 Å². The van der Waals surface area contributed by atoms with Gasteiger partial charge in [-0.3, -0.25) is 14.1 Å². The van der Waals surface area contributed by atoms with E-state index in [9.17, 15) is 36.4 Å². The number of hydrogen-bond acceptors (Lipinski definition) is 10. The first-order valence-electron chi connectivity index (χ1n) is 16.9. The van der Waals surface area contributed by atoms with Crippen LogP contribution in [0.2, 0.25) is 0 Å². The molecule has 0 heterocycles. The molecule has 0 saturated heterocycles. The fourth-order valence-corrected chi connectivity index (χ4v) is 13.1. The fourth-order valence-electron chi connectivity index (χ4n) is 8.77. The number of ether oxygens (including phenoxy) is 4. The van der Waals surface area contributed by atoms with Crippen molar-refractivity contribution in [3.63, 3.8) is 0 Å². The first-order chi connectivity index (χ1) is 25.4. The molecule has 5 unspecified atom stereocenters. The van der Waals surface area contributed by atoms with Crippen LogP contribution in [0.1, 0.15) is 77.1 Å². The van der Waals surface area contributed by atoms with Crippen LogP contribution in [0.3, 0.4) is 0 Å². The van der Waals surface area contributed by atoms with Crippen LogP contribution in [0.15, 0.2) is 54.6 Å². The molecule has 5 aliphatic carbocycles. The minimum atomic E-state index is -6.07. The molecule has 3 aromatic rings. The van der Waals surface area contributed by atoms with Gasteiger partial charge in [0.25, 0.3) is 0 Å². The van der Waals surface area contributed by atoms with E-state index in [2.05, 4.69) is 4.74 Å². The van der Waals surface area contributed by atoms with E-state index >= 15 is 0 Å². The predicted molar refractivity (Wildman–Crippen MR) is 211 cm³/mol. The molecule has 3 aromatic carbocycles. The van der Waals surface area contributed by atoms with Crippen LogP contribution in [0.5, 0.6) is 5.75 Å². The van der Waals surface area contributed by atoms with E-state index in [1.807, 2.05) is 123 Å². The summed E-state index contributed by atoms with van der Waals surface area (Å²) in [5.74, 6) is -6.71. The number of hydrogen-bond donors (Lipinski definition) is 1. The third-order valence-corrected chi connectivity index (χ3v) is 14.6. The SMILES string of the molecule is CC1(OC(=O)C2C3c4ccccc4C(c4ccccc43)C2C(=O)Oc2c(I)cc(I)c(C(=O)OCCOC(=O)C(F)(F)S(=O)(=O)O)c2I)CC2CCC1C2. The summed E-state index contributed by atoms with van der Waals surface area (Å²) in [6.07, 6.45) is 3.91. The van der Waals surface area contributed by atoms with Crippen molar-refractivity contribution in [1.82, 2.24) is 0 Å². The topological polar surface area (TPSA) is 160 Å². The van der Waals surface area contributed by atoms with Gasteiger partial charge in [0.2, 0.25) is 0 Å². The number of halogens is 5. The molecule has 0 aromatic heterocycles. The van der Waals surface area contributed by atoms with E-state index < -0.39 is 81.7 Å². The minimum absolute atomic E-state index is 0.0324. The third kappa shape index (κ3) is 6.84. The van der Waals surface area contributed by atoms with Crippen LogP contribution in [0, 0.1) is 34.4 Å². The molecule has 4 bridgehead atoms. The Hall–Kier alpha value is -2.50. The van der Waals surface area contributed by atoms with Gasteiger partial charge >= 0.3 is 39.2 Å². The zero-order valence-corrected chi connectivity index (χ0v) is 35.5. The predicted octanol–water partition coefficient (Wildman–Crippen LogP) is 7.23. The lowest BCUT2D eigenvalue weighted by atomic mass is 9.54. The summed E-state index contributed by atoms with van der Waals surface area (Å²) in [6.45, 7) is 0.314. The van der Waals surface area contributed by atoms with Crippen molar-refractivity contribution in [2.75, 3.05) is 13.2 Å². The number of esters is 4. The van der Waals surface area contributed by atoms with Gasteiger partial charge in [0.1, 0.15) is 18.8 Å². The number of fused-ring (bicyclic) bond motifs is 3. The van der Waals surface area contributed by atoms with Crippen molar-refractivity contribution >= 4 is 102 Å². The number of benzene rings is 3. The Morgan fingerprint density at radius 1 is 0.852 bits per heavy atom. The minimum Gasteiger partial charge on any atom is -0.459 e. The lowest BCUT2D eigenvalue weighted by Gasteiger charge is -2.49. The second kappa shape index (κ2) is 14.8. The number of rotatable bonds is 10. The van der Waals surface area contributed by atoms with Crippen molar-refractivity contribution in [1.29, 1.82) is 0 Å². The zero-order chi connectivity index (χ0) is 38.9. The van der Waals surface area contributed by atoms with E-state index in [1.165, 1.54) is 0 Å². The van der Waals surface area contributed by atoms with Crippen LogP contribution in [-0.4, -0.2) is 60.9 Å². The summed E-state index contributed by atoms with van der Waals surface area (Å²) in [7, 11) is -6.07. The maximum absolute atomic E-state index is 14.7. The highest BCUT2D eigenvalue weighted by atomic mass is 127. The van der Waals surface area contributed by atoms with Crippen molar-refractivity contribution in [2.24, 2.45) is 23.7 Å². The molecular formula is C37H31F2I3O11S. The summed E-state index contributed by atoms with van der Waals surface area (Å²) in [4.78, 5) is 54.0. The molecule has 54 heavy (non-hydrogen) atoms. The lowest BCUT2D eigenvalue weighted by Crippen LogP contribution is -2.50. The monoisotopic (exact) mass is 1100 g/mol. The van der Waals surface area contributed by atoms with E-state index in [4.69, 9.17) is 18.8 Å². The Balaban J connectivity index is 1.17. The summed E-state index contributed by atoms with van der Waals surface area (Å²) in [5, 5.41) is -5.21. The van der Waals surface area contributed by atoms with Gasteiger partial charge in [-0.1, -0.05) is 48.5 Å². The van der Waals surface area contributed by atoms with Gasteiger partial charge in [0.05, 0.1) is 24.5 Å². The largest absolute Gasteiger partial charge is 0.465 e. The normalized spacial score (nSPS) is 26.4. The molecule has 0 radical (unpaired) electrons. The van der Waals surface area contributed by atoms with Gasteiger partial charge < -0.3 is 18.9 Å². The highest BCUT2D eigenvalue weighted by Gasteiger charge is 2.59. The standard InChI is InChI=1S/C37H31F2I3O11S/c1-36(16-17-10-11-18(36)14-17)53-34(45)29-26-21-8-4-2-6-19(21)25(20-7-3-5-9-22(20)26)28(29)33(44)52-31-24(41)15-23(40)27(30(31)42)32(43)50-12-13-51-35(46)37(38,39)54(47,48)49/h2-9,15,17-18,25-26,28-29H,10-14,16H2,1H3,(H,47,48,49). The highest BCUT2D eigenvalue weighted by molar-refractivity contribution is 14.1. The molecule has 11 nitrogen and oxygen atoms in total. The van der Waals surface area contributed by atoms with E-state index in [-0.39, 0.29) is 20.8 Å². The van der Waals surface area contributed by atoms with Crippen LogP contribution >= 0.6 is 67.8 Å². The van der Waals surface area contributed by atoms with E-state index in [0.717, 1.165) is 47.9 Å². The molecule has 0 spiro atoms. The molecule has 2 fully saturated rings. The van der Waals surface area contributed by atoms with Crippen molar-refractivity contribution in [3.8, 4) is 5.75 Å². The van der Waals surface area contributed by atoms with Crippen LogP contribution < -0.4 is 4.74 Å². The Kier molecular flexibility index (Phi) is 10.9. The fraction of sp³-hybridized carbons (Fsp3) is 0.405. The van der Waals surface area contributed by atoms with Gasteiger partial charge in [-0.15, -0.1) is 0 Å². The maximum atomic E-state index is 14.7. The van der Waals surface area contributed by atoms with Gasteiger partial charge in [-0.25, -0.2) is 9.59 Å². The average molecular weight is 1100 g/mol. The Morgan fingerprint density at radius 3 is 1.89 bits per heavy atom. The Morgan fingerprint density at radius 2 is 1.39 bits per heavy atom. The number of carbonyl (C=O) groups is 4. The highest BCUT2D eigenvalue weighted by Crippen LogP contribution is 2.60. The summed E-state index contributed by atoms with van der Waals surface area (Å²) in [5.41, 5.74) is 3.10. The molecule has 17 heteroatoms. The maximum Gasteiger partial charge on any atom is 0.465 e. The molecular weight excluding hydrogens is 1070 g/mol. The van der Waals surface area contributed by atoms with Crippen molar-refractivity contribution < 1.29 is 59.9 Å². The van der Waals surface area contributed by atoms with Gasteiger partial charge in [0.15, 0.2) is 5.75 Å². The lowest BCUT2D eigenvalue weighted by molar-refractivity contribution is -0.175. The van der Waals surface area contributed by atoms with Crippen LogP contribution in [0.25, 0.3) is 0 Å². The first-order valence-corrected chi connectivity index (χ1v) is 21.6. The first kappa shape index (κ1) is 39.7. The van der Waals surface area contributed by atoms with Crippen LogP contribution in [0.4, 0.5) is 8.78 Å². The van der Waals surface area contributed by atoms with Gasteiger partial charge in [-0.2, -0.15) is 17.2 Å². The molecule has 8 rings (SSSR count). The number of carbonyl (C=O) groups excluding carboxylic acids is 4. The second-order valence-corrected chi connectivity index (χ2v) is 19.0. The summed E-state index contributed by atoms with van der Waals surface area (Å²) >= 11 is 5.68. The summed E-state index contributed by atoms with van der Waals surface area (Å²) < 4.78 is 80.2. The third-order valence-electron chi connectivity index (χ3n) is 11.1.